The predicted octanol–water partition coefficient (Wildman–Crippen LogP) is 0.855. The van der Waals surface area contributed by atoms with Gasteiger partial charge in [0.15, 0.2) is 0 Å². The maximum Gasteiger partial charge on any atom is 0.233 e. The molecule has 0 aromatic heterocycles. The molecule has 1 fully saturated rings. The van der Waals surface area contributed by atoms with Gasteiger partial charge in [0.1, 0.15) is 0 Å². The second kappa shape index (κ2) is 5.25. The summed E-state index contributed by atoms with van der Waals surface area (Å²) < 4.78 is 0. The summed E-state index contributed by atoms with van der Waals surface area (Å²) in [5, 5.41) is 6.25. The van der Waals surface area contributed by atoms with Crippen LogP contribution in [-0.4, -0.2) is 25.5 Å². The minimum Gasteiger partial charge on any atom is -0.355 e. The zero-order valence-corrected chi connectivity index (χ0v) is 8.36. The standard InChI is InChI=1S/C9H15ClN2O/c1-7(10)4-11-6-9(13)12-5-8-2-3-8/h8,11H,1-6H2,(H,12,13). The fourth-order valence-corrected chi connectivity index (χ4v) is 1.05. The number of rotatable bonds is 6. The summed E-state index contributed by atoms with van der Waals surface area (Å²) in [7, 11) is 0. The Balaban J connectivity index is 1.93. The van der Waals surface area contributed by atoms with E-state index in [1.807, 2.05) is 0 Å². The monoisotopic (exact) mass is 202 g/mol. The van der Waals surface area contributed by atoms with Crippen LogP contribution in [0, 0.1) is 5.92 Å². The summed E-state index contributed by atoms with van der Waals surface area (Å²) in [5.74, 6) is 0.761. The molecule has 1 rings (SSSR count). The van der Waals surface area contributed by atoms with Crippen molar-refractivity contribution in [3.05, 3.63) is 11.6 Å². The first kappa shape index (κ1) is 10.5. The number of halogens is 1. The van der Waals surface area contributed by atoms with E-state index < -0.39 is 0 Å². The van der Waals surface area contributed by atoms with Crippen LogP contribution in [0.3, 0.4) is 0 Å². The van der Waals surface area contributed by atoms with E-state index >= 15 is 0 Å². The molecule has 0 spiro atoms. The quantitative estimate of drug-likeness (QED) is 0.671. The molecular weight excluding hydrogens is 188 g/mol. The van der Waals surface area contributed by atoms with Crippen LogP contribution in [0.2, 0.25) is 0 Å². The molecule has 1 aliphatic rings. The van der Waals surface area contributed by atoms with Crippen LogP contribution in [0.1, 0.15) is 12.8 Å². The van der Waals surface area contributed by atoms with Gasteiger partial charge in [0.05, 0.1) is 6.54 Å². The van der Waals surface area contributed by atoms with Crippen LogP contribution < -0.4 is 10.6 Å². The topological polar surface area (TPSA) is 41.1 Å². The van der Waals surface area contributed by atoms with Crippen LogP contribution >= 0.6 is 11.6 Å². The molecule has 0 aromatic rings. The van der Waals surface area contributed by atoms with Crippen LogP contribution in [0.5, 0.6) is 0 Å². The minimum absolute atomic E-state index is 0.0322. The number of carbonyl (C=O) groups is 1. The number of hydrogen-bond donors (Lipinski definition) is 2. The molecule has 0 unspecified atom stereocenters. The van der Waals surface area contributed by atoms with Crippen LogP contribution in [0.15, 0.2) is 11.6 Å². The van der Waals surface area contributed by atoms with Gasteiger partial charge in [-0.2, -0.15) is 0 Å². The zero-order chi connectivity index (χ0) is 9.68. The first-order chi connectivity index (χ1) is 6.18. The second-order valence-corrected chi connectivity index (χ2v) is 3.90. The average molecular weight is 203 g/mol. The molecule has 74 valence electrons. The highest BCUT2D eigenvalue weighted by Crippen LogP contribution is 2.27. The van der Waals surface area contributed by atoms with Crippen molar-refractivity contribution in [1.82, 2.24) is 10.6 Å². The van der Waals surface area contributed by atoms with Gasteiger partial charge in [-0.1, -0.05) is 18.2 Å². The average Bonchev–Trinajstić information content (AvgIpc) is 2.83. The predicted molar refractivity (Wildman–Crippen MR) is 53.6 cm³/mol. The molecule has 13 heavy (non-hydrogen) atoms. The maximum absolute atomic E-state index is 11.1. The fourth-order valence-electron chi connectivity index (χ4n) is 0.954. The third-order valence-corrected chi connectivity index (χ3v) is 2.02. The lowest BCUT2D eigenvalue weighted by Gasteiger charge is -2.04. The fraction of sp³-hybridized carbons (Fsp3) is 0.667. The van der Waals surface area contributed by atoms with Crippen molar-refractivity contribution in [2.75, 3.05) is 19.6 Å². The number of nitrogens with one attached hydrogen (secondary N) is 2. The highest BCUT2D eigenvalue weighted by molar-refractivity contribution is 6.29. The van der Waals surface area contributed by atoms with E-state index in [4.69, 9.17) is 11.6 Å². The second-order valence-electron chi connectivity index (χ2n) is 3.37. The molecule has 1 saturated carbocycles. The van der Waals surface area contributed by atoms with Gasteiger partial charge in [0, 0.05) is 18.1 Å². The molecule has 0 aromatic carbocycles. The van der Waals surface area contributed by atoms with Crippen molar-refractivity contribution in [2.24, 2.45) is 5.92 Å². The van der Waals surface area contributed by atoms with Crippen molar-refractivity contribution in [3.63, 3.8) is 0 Å². The molecule has 1 aliphatic carbocycles. The molecule has 0 aliphatic heterocycles. The van der Waals surface area contributed by atoms with Gasteiger partial charge < -0.3 is 10.6 Å². The Hall–Kier alpha value is -0.540. The molecule has 0 atom stereocenters. The van der Waals surface area contributed by atoms with E-state index in [1.54, 1.807) is 0 Å². The van der Waals surface area contributed by atoms with Gasteiger partial charge in [-0.25, -0.2) is 0 Å². The van der Waals surface area contributed by atoms with Crippen LogP contribution in [0.25, 0.3) is 0 Å². The lowest BCUT2D eigenvalue weighted by atomic mass is 10.4. The Morgan fingerprint density at radius 3 is 2.69 bits per heavy atom. The van der Waals surface area contributed by atoms with E-state index in [2.05, 4.69) is 17.2 Å². The largest absolute Gasteiger partial charge is 0.355 e. The molecule has 0 heterocycles. The van der Waals surface area contributed by atoms with Crippen molar-refractivity contribution < 1.29 is 4.79 Å². The zero-order valence-electron chi connectivity index (χ0n) is 7.61. The Morgan fingerprint density at radius 1 is 1.46 bits per heavy atom. The van der Waals surface area contributed by atoms with Crippen LogP contribution in [-0.2, 0) is 4.79 Å². The molecule has 4 heteroatoms. The van der Waals surface area contributed by atoms with E-state index in [9.17, 15) is 4.79 Å². The van der Waals surface area contributed by atoms with Gasteiger partial charge in [-0.3, -0.25) is 4.79 Å². The SMILES string of the molecule is C=C(Cl)CNCC(=O)NCC1CC1. The molecule has 3 nitrogen and oxygen atoms in total. The first-order valence-electron chi connectivity index (χ1n) is 4.49. The summed E-state index contributed by atoms with van der Waals surface area (Å²) >= 11 is 5.51. The summed E-state index contributed by atoms with van der Waals surface area (Å²) in [6, 6.07) is 0. The third kappa shape index (κ3) is 5.66. The highest BCUT2D eigenvalue weighted by atomic mass is 35.5. The van der Waals surface area contributed by atoms with Crippen molar-refractivity contribution >= 4 is 17.5 Å². The number of hydrogen-bond acceptors (Lipinski definition) is 2. The van der Waals surface area contributed by atoms with Gasteiger partial charge in [0.2, 0.25) is 5.91 Å². The van der Waals surface area contributed by atoms with Gasteiger partial charge in [-0.05, 0) is 18.8 Å². The highest BCUT2D eigenvalue weighted by Gasteiger charge is 2.21. The van der Waals surface area contributed by atoms with Crippen molar-refractivity contribution in [3.8, 4) is 0 Å². The van der Waals surface area contributed by atoms with E-state index in [1.165, 1.54) is 12.8 Å². The van der Waals surface area contributed by atoms with Gasteiger partial charge in [-0.15, -0.1) is 0 Å². The molecule has 2 N–H and O–H groups in total. The minimum atomic E-state index is 0.0322. The molecule has 0 bridgehead atoms. The summed E-state index contributed by atoms with van der Waals surface area (Å²) in [5.41, 5.74) is 0. The summed E-state index contributed by atoms with van der Waals surface area (Å²) in [6.07, 6.45) is 2.51. The van der Waals surface area contributed by atoms with Crippen LogP contribution in [0.4, 0.5) is 0 Å². The van der Waals surface area contributed by atoms with Gasteiger partial charge in [0.25, 0.3) is 0 Å². The normalized spacial score (nSPS) is 15.5. The molecule has 1 amide bonds. The van der Waals surface area contributed by atoms with E-state index in [0.29, 0.717) is 18.1 Å². The number of amides is 1. The first-order valence-corrected chi connectivity index (χ1v) is 4.87. The lowest BCUT2D eigenvalue weighted by molar-refractivity contribution is -0.120. The maximum atomic E-state index is 11.1. The Bertz CT molecular complexity index is 202. The van der Waals surface area contributed by atoms with Crippen molar-refractivity contribution in [2.45, 2.75) is 12.8 Å². The van der Waals surface area contributed by atoms with Gasteiger partial charge >= 0.3 is 0 Å². The molecule has 0 saturated heterocycles. The smallest absolute Gasteiger partial charge is 0.233 e. The third-order valence-electron chi connectivity index (χ3n) is 1.89. The Kier molecular flexibility index (Phi) is 4.25. The Morgan fingerprint density at radius 2 is 2.15 bits per heavy atom. The number of carbonyl (C=O) groups excluding carboxylic acids is 1. The lowest BCUT2D eigenvalue weighted by Crippen LogP contribution is -2.35. The van der Waals surface area contributed by atoms with E-state index in [-0.39, 0.29) is 5.91 Å². The molecule has 0 radical (unpaired) electrons. The van der Waals surface area contributed by atoms with E-state index in [0.717, 1.165) is 12.5 Å². The summed E-state index contributed by atoms with van der Waals surface area (Å²) in [4.78, 5) is 11.1. The molecular formula is C9H15ClN2O. The Labute approximate surface area is 83.5 Å². The summed E-state index contributed by atoms with van der Waals surface area (Å²) in [6.45, 7) is 5.13. The van der Waals surface area contributed by atoms with Crippen molar-refractivity contribution in [1.29, 1.82) is 0 Å².